The molecular weight excluding hydrogens is 320 g/mol. The van der Waals surface area contributed by atoms with Gasteiger partial charge in [0.25, 0.3) is 0 Å². The van der Waals surface area contributed by atoms with Crippen molar-refractivity contribution in [2.75, 3.05) is 19.1 Å². The van der Waals surface area contributed by atoms with E-state index in [1.807, 2.05) is 6.26 Å². The third-order valence-electron chi connectivity index (χ3n) is 3.33. The van der Waals surface area contributed by atoms with Crippen LogP contribution in [0.2, 0.25) is 0 Å². The maximum atomic E-state index is 14.1. The van der Waals surface area contributed by atoms with Crippen LogP contribution in [0, 0.1) is 11.6 Å². The van der Waals surface area contributed by atoms with E-state index in [-0.39, 0.29) is 6.04 Å². The average Bonchev–Trinajstić information content (AvgIpc) is 2.44. The highest BCUT2D eigenvalue weighted by molar-refractivity contribution is 7.98. The fourth-order valence-electron chi connectivity index (χ4n) is 1.78. The third kappa shape index (κ3) is 3.94. The van der Waals surface area contributed by atoms with E-state index in [2.05, 4.69) is 0 Å². The predicted octanol–water partition coefficient (Wildman–Crippen LogP) is 2.22. The standard InChI is InChI=1S/C13H19F2NO3S2/c1-9(6-7-20-3)16(2)21(18,19)12-5-4-11(14)10(8-17)13(12)15/h4-5,9,17H,6-8H2,1-3H3. The van der Waals surface area contributed by atoms with Gasteiger partial charge in [-0.2, -0.15) is 16.1 Å². The molecular formula is C13H19F2NO3S2. The molecule has 0 heterocycles. The summed E-state index contributed by atoms with van der Waals surface area (Å²) in [7, 11) is -2.71. The average molecular weight is 339 g/mol. The number of nitrogens with zero attached hydrogens (tertiary/aromatic N) is 1. The van der Waals surface area contributed by atoms with Gasteiger partial charge >= 0.3 is 0 Å². The first-order valence-electron chi connectivity index (χ1n) is 6.32. The van der Waals surface area contributed by atoms with Crippen LogP contribution in [0.25, 0.3) is 0 Å². The van der Waals surface area contributed by atoms with Gasteiger partial charge in [0, 0.05) is 13.1 Å². The van der Waals surface area contributed by atoms with Crippen LogP contribution in [-0.4, -0.2) is 42.9 Å². The molecule has 21 heavy (non-hydrogen) atoms. The molecule has 0 aliphatic carbocycles. The van der Waals surface area contributed by atoms with Gasteiger partial charge in [0.05, 0.1) is 12.2 Å². The van der Waals surface area contributed by atoms with E-state index in [1.165, 1.54) is 7.05 Å². The van der Waals surface area contributed by atoms with E-state index in [1.54, 1.807) is 18.7 Å². The number of aliphatic hydroxyl groups excluding tert-OH is 1. The van der Waals surface area contributed by atoms with Gasteiger partial charge in [0.1, 0.15) is 10.7 Å². The number of halogens is 2. The van der Waals surface area contributed by atoms with Crippen molar-refractivity contribution in [1.82, 2.24) is 4.31 Å². The van der Waals surface area contributed by atoms with E-state index in [0.29, 0.717) is 6.42 Å². The minimum Gasteiger partial charge on any atom is -0.391 e. The lowest BCUT2D eigenvalue weighted by Crippen LogP contribution is -2.36. The van der Waals surface area contributed by atoms with Crippen molar-refractivity contribution in [3.05, 3.63) is 29.3 Å². The van der Waals surface area contributed by atoms with Crippen LogP contribution < -0.4 is 0 Å². The molecule has 1 atom stereocenters. The van der Waals surface area contributed by atoms with Crippen molar-refractivity contribution in [2.24, 2.45) is 0 Å². The molecule has 4 nitrogen and oxygen atoms in total. The summed E-state index contributed by atoms with van der Waals surface area (Å²) in [6, 6.07) is 1.42. The lowest BCUT2D eigenvalue weighted by molar-refractivity contribution is 0.267. The molecule has 1 rings (SSSR count). The van der Waals surface area contributed by atoms with Crippen LogP contribution in [0.5, 0.6) is 0 Å². The Hall–Kier alpha value is -0.700. The first-order valence-corrected chi connectivity index (χ1v) is 9.15. The second-order valence-electron chi connectivity index (χ2n) is 4.65. The second kappa shape index (κ2) is 7.53. The van der Waals surface area contributed by atoms with Crippen LogP contribution in [0.1, 0.15) is 18.9 Å². The largest absolute Gasteiger partial charge is 0.391 e. The van der Waals surface area contributed by atoms with Crippen LogP contribution in [0.15, 0.2) is 17.0 Å². The smallest absolute Gasteiger partial charge is 0.245 e. The molecule has 1 N–H and O–H groups in total. The fraction of sp³-hybridized carbons (Fsp3) is 0.538. The van der Waals surface area contributed by atoms with E-state index in [4.69, 9.17) is 5.11 Å². The minimum atomic E-state index is -4.08. The van der Waals surface area contributed by atoms with Gasteiger partial charge in [0.2, 0.25) is 10.0 Å². The summed E-state index contributed by atoms with van der Waals surface area (Å²) in [5.74, 6) is -1.43. The van der Waals surface area contributed by atoms with Gasteiger partial charge in [-0.25, -0.2) is 17.2 Å². The predicted molar refractivity (Wildman–Crippen MR) is 79.7 cm³/mol. The SMILES string of the molecule is CSCCC(C)N(C)S(=O)(=O)c1ccc(F)c(CO)c1F. The summed E-state index contributed by atoms with van der Waals surface area (Å²) in [5.41, 5.74) is -0.638. The molecule has 1 aromatic carbocycles. The van der Waals surface area contributed by atoms with Gasteiger partial charge < -0.3 is 5.11 Å². The van der Waals surface area contributed by atoms with E-state index >= 15 is 0 Å². The zero-order valence-electron chi connectivity index (χ0n) is 12.1. The van der Waals surface area contributed by atoms with Gasteiger partial charge in [-0.3, -0.25) is 0 Å². The summed E-state index contributed by atoms with van der Waals surface area (Å²) < 4.78 is 53.3. The zero-order valence-corrected chi connectivity index (χ0v) is 13.8. The molecule has 0 saturated heterocycles. The van der Waals surface area contributed by atoms with Gasteiger partial charge in [0.15, 0.2) is 5.82 Å². The lowest BCUT2D eigenvalue weighted by Gasteiger charge is -2.24. The van der Waals surface area contributed by atoms with Crippen LogP contribution in [0.4, 0.5) is 8.78 Å². The molecule has 0 saturated carbocycles. The summed E-state index contributed by atoms with van der Waals surface area (Å²) >= 11 is 1.59. The highest BCUT2D eigenvalue weighted by atomic mass is 32.2. The third-order valence-corrected chi connectivity index (χ3v) is 5.96. The molecule has 0 amide bonds. The van der Waals surface area contributed by atoms with E-state index in [0.717, 1.165) is 22.2 Å². The Morgan fingerprint density at radius 3 is 2.52 bits per heavy atom. The maximum Gasteiger partial charge on any atom is 0.245 e. The lowest BCUT2D eigenvalue weighted by atomic mass is 10.2. The minimum absolute atomic E-state index is 0.315. The fourth-order valence-corrected chi connectivity index (χ4v) is 3.84. The van der Waals surface area contributed by atoms with Crippen molar-refractivity contribution in [1.29, 1.82) is 0 Å². The Balaban J connectivity index is 3.19. The monoisotopic (exact) mass is 339 g/mol. The number of aliphatic hydroxyl groups is 1. The number of rotatable bonds is 7. The molecule has 0 spiro atoms. The van der Waals surface area contributed by atoms with Crippen molar-refractivity contribution in [3.8, 4) is 0 Å². The number of hydrogen-bond acceptors (Lipinski definition) is 4. The Labute approximate surface area is 128 Å². The maximum absolute atomic E-state index is 14.1. The van der Waals surface area contributed by atoms with Crippen molar-refractivity contribution < 1.29 is 22.3 Å². The number of thioether (sulfide) groups is 1. The molecule has 0 aliphatic rings. The summed E-state index contributed by atoms with van der Waals surface area (Å²) in [5, 5.41) is 8.96. The molecule has 0 aliphatic heterocycles. The summed E-state index contributed by atoms with van der Waals surface area (Å²) in [4.78, 5) is -0.619. The van der Waals surface area contributed by atoms with Gasteiger partial charge in [-0.15, -0.1) is 0 Å². The number of sulfonamides is 1. The van der Waals surface area contributed by atoms with E-state index in [9.17, 15) is 17.2 Å². The number of benzene rings is 1. The molecule has 0 aromatic heterocycles. The molecule has 8 heteroatoms. The molecule has 1 unspecified atom stereocenters. The van der Waals surface area contributed by atoms with Crippen molar-refractivity contribution >= 4 is 21.8 Å². The molecule has 1 aromatic rings. The molecule has 0 radical (unpaired) electrons. The Bertz CT molecular complexity index is 593. The Kier molecular flexibility index (Phi) is 6.58. The van der Waals surface area contributed by atoms with Crippen LogP contribution in [-0.2, 0) is 16.6 Å². The second-order valence-corrected chi connectivity index (χ2v) is 7.60. The first kappa shape index (κ1) is 18.3. The highest BCUT2D eigenvalue weighted by Crippen LogP contribution is 2.25. The first-order chi connectivity index (χ1) is 9.77. The Morgan fingerprint density at radius 1 is 1.38 bits per heavy atom. The van der Waals surface area contributed by atoms with Crippen LogP contribution in [0.3, 0.4) is 0 Å². The Morgan fingerprint density at radius 2 is 2.00 bits per heavy atom. The molecule has 0 bridgehead atoms. The quantitative estimate of drug-likeness (QED) is 0.828. The molecule has 120 valence electrons. The van der Waals surface area contributed by atoms with Gasteiger partial charge in [-0.05, 0) is 37.5 Å². The summed E-state index contributed by atoms with van der Waals surface area (Å²) in [6.07, 6.45) is 2.53. The summed E-state index contributed by atoms with van der Waals surface area (Å²) in [6.45, 7) is 0.828. The van der Waals surface area contributed by atoms with Crippen molar-refractivity contribution in [3.63, 3.8) is 0 Å². The molecule has 0 fully saturated rings. The highest BCUT2D eigenvalue weighted by Gasteiger charge is 2.29. The van der Waals surface area contributed by atoms with Crippen LogP contribution >= 0.6 is 11.8 Å². The zero-order chi connectivity index (χ0) is 16.2. The normalized spacial score (nSPS) is 13.7. The topological polar surface area (TPSA) is 57.6 Å². The van der Waals surface area contributed by atoms with Gasteiger partial charge in [-0.1, -0.05) is 0 Å². The van der Waals surface area contributed by atoms with E-state index < -0.39 is 38.7 Å². The van der Waals surface area contributed by atoms with Crippen molar-refractivity contribution in [2.45, 2.75) is 30.9 Å². The number of hydrogen-bond donors (Lipinski definition) is 1.